The molecular weight excluding hydrogens is 1140 g/mol. The first-order valence-corrected chi connectivity index (χ1v) is 32.1. The van der Waals surface area contributed by atoms with Gasteiger partial charge in [-0.1, -0.05) is 255 Å². The van der Waals surface area contributed by atoms with E-state index in [1.54, 1.807) is 0 Å². The lowest BCUT2D eigenvalue weighted by Crippen LogP contribution is -2.25. The van der Waals surface area contributed by atoms with Crippen LogP contribution in [0.25, 0.3) is 145 Å². The van der Waals surface area contributed by atoms with E-state index in [1.807, 2.05) is 36.7 Å². The maximum absolute atomic E-state index is 5.47. The van der Waals surface area contributed by atoms with E-state index >= 15 is 0 Å². The van der Waals surface area contributed by atoms with Gasteiger partial charge in [0.05, 0.1) is 44.6 Å². The molecule has 0 atom stereocenters. The van der Waals surface area contributed by atoms with E-state index in [4.69, 9.17) is 29.9 Å². The Balaban J connectivity index is 0.681. The number of para-hydroxylation sites is 2. The zero-order valence-corrected chi connectivity index (χ0v) is 50.7. The van der Waals surface area contributed by atoms with Crippen LogP contribution in [0.15, 0.2) is 316 Å². The Morgan fingerprint density at radius 1 is 0.191 bits per heavy atom. The summed E-state index contributed by atoms with van der Waals surface area (Å²) < 4.78 is 0. The molecule has 16 aromatic rings. The third-order valence-electron chi connectivity index (χ3n) is 20.4. The SMILES string of the molecule is c1ccc2c(c1)-c1ccccc1C21c2ccccc2-c2ccc(-c3cc(-c4cnc5ccccc5c4)nc(-c4ccc(-c5ccc(-c6nc(-c7ccc8c(c7)C7(c9ccccc9-c9ccccc97)c7ccccc7-8)cc(-c7cnc8ccccc8c7)n6)cc5)cc4)n3)cc21. The fourth-order valence-corrected chi connectivity index (χ4v) is 16.3. The number of hydrogen-bond donors (Lipinski definition) is 0. The molecule has 2 spiro atoms. The predicted octanol–water partition coefficient (Wildman–Crippen LogP) is 20.7. The molecular formula is C88H52N6. The fraction of sp³-hybridized carbons (Fsp3) is 0.0227. The largest absolute Gasteiger partial charge is 0.256 e. The van der Waals surface area contributed by atoms with E-state index in [0.29, 0.717) is 11.6 Å². The van der Waals surface area contributed by atoms with Gasteiger partial charge in [0.15, 0.2) is 11.6 Å². The van der Waals surface area contributed by atoms with Crippen LogP contribution in [0.3, 0.4) is 0 Å². The Kier molecular flexibility index (Phi) is 11.2. The number of nitrogens with zero attached hydrogens (tertiary/aromatic N) is 6. The van der Waals surface area contributed by atoms with Gasteiger partial charge in [-0.2, -0.15) is 0 Å². The van der Waals surface area contributed by atoms with E-state index < -0.39 is 10.8 Å². The summed E-state index contributed by atoms with van der Waals surface area (Å²) in [6.07, 6.45) is 3.87. The van der Waals surface area contributed by atoms with Gasteiger partial charge in [-0.15, -0.1) is 0 Å². The highest BCUT2D eigenvalue weighted by atomic mass is 14.9. The molecule has 94 heavy (non-hydrogen) atoms. The van der Waals surface area contributed by atoms with Crippen molar-refractivity contribution >= 4 is 21.8 Å². The second-order valence-electron chi connectivity index (χ2n) is 25.2. The number of aromatic nitrogens is 6. The van der Waals surface area contributed by atoms with Gasteiger partial charge < -0.3 is 0 Å². The van der Waals surface area contributed by atoms with Crippen molar-refractivity contribution in [2.45, 2.75) is 10.8 Å². The van der Waals surface area contributed by atoms with Crippen LogP contribution >= 0.6 is 0 Å². The van der Waals surface area contributed by atoms with Crippen LogP contribution in [0.2, 0.25) is 0 Å². The Morgan fingerprint density at radius 3 is 0.798 bits per heavy atom. The molecule has 6 nitrogen and oxygen atoms in total. The van der Waals surface area contributed by atoms with Gasteiger partial charge in [0.2, 0.25) is 0 Å². The Labute approximate surface area is 543 Å². The van der Waals surface area contributed by atoms with Crippen molar-refractivity contribution in [2.75, 3.05) is 0 Å². The molecule has 12 aromatic carbocycles. The number of benzene rings is 12. The normalized spacial score (nSPS) is 13.5. The maximum atomic E-state index is 5.47. The standard InChI is InChI=1S/C88H52N6/c1-15-31-79-57(17-1)45-61(51-89-79)83-49-81(59-41-43-69-67-23-7-13-29-75(67)87(77(69)47-59)71-25-9-3-19-63(71)64-20-4-10-26-72(64)87)91-85(93-83)55-37-33-53(34-38-55)54-35-39-56(40-36-54)86-92-82(50-84(94-86)62-46-58-18-2-16-32-80(58)90-52-62)60-42-44-70-68-24-8-14-30-76(68)88(78(70)48-60)73-27-11-5-21-65(73)66-22-6-12-28-74(66)88/h1-52H. The van der Waals surface area contributed by atoms with Gasteiger partial charge in [-0.3, -0.25) is 9.97 Å². The molecule has 0 radical (unpaired) electrons. The smallest absolute Gasteiger partial charge is 0.160 e. The van der Waals surface area contributed by atoms with Gasteiger partial charge in [-0.05, 0) is 149 Å². The molecule has 20 rings (SSSR count). The number of rotatable bonds is 7. The first-order valence-electron chi connectivity index (χ1n) is 32.1. The monoisotopic (exact) mass is 1190 g/mol. The molecule has 4 heterocycles. The molecule has 6 heteroatoms. The molecule has 0 fully saturated rings. The minimum atomic E-state index is -0.488. The summed E-state index contributed by atoms with van der Waals surface area (Å²) in [6.45, 7) is 0. The van der Waals surface area contributed by atoms with E-state index in [1.165, 1.54) is 89.0 Å². The summed E-state index contributed by atoms with van der Waals surface area (Å²) in [6, 6.07) is 110. The summed E-state index contributed by atoms with van der Waals surface area (Å²) in [4.78, 5) is 31.5. The highest BCUT2D eigenvalue weighted by molar-refractivity contribution is 5.98. The molecule has 434 valence electrons. The van der Waals surface area contributed by atoms with Crippen molar-refractivity contribution in [3.63, 3.8) is 0 Å². The summed E-state index contributed by atoms with van der Waals surface area (Å²) in [5.74, 6) is 1.26. The van der Waals surface area contributed by atoms with Gasteiger partial charge in [0.1, 0.15) is 0 Å². The van der Waals surface area contributed by atoms with E-state index in [2.05, 4.69) is 279 Å². The third kappa shape index (κ3) is 7.53. The third-order valence-corrected chi connectivity index (χ3v) is 20.4. The number of pyridine rings is 2. The molecule has 0 aliphatic heterocycles. The molecule has 4 aliphatic carbocycles. The lowest BCUT2D eigenvalue weighted by molar-refractivity contribution is 0.794. The second kappa shape index (κ2) is 20.1. The van der Waals surface area contributed by atoms with E-state index in [0.717, 1.165) is 89.1 Å². The summed E-state index contributed by atoms with van der Waals surface area (Å²) >= 11 is 0. The van der Waals surface area contributed by atoms with Crippen molar-refractivity contribution in [3.8, 4) is 123 Å². The van der Waals surface area contributed by atoms with Crippen molar-refractivity contribution in [1.29, 1.82) is 0 Å². The van der Waals surface area contributed by atoms with Crippen molar-refractivity contribution in [3.05, 3.63) is 360 Å². The van der Waals surface area contributed by atoms with Gasteiger partial charge >= 0.3 is 0 Å². The van der Waals surface area contributed by atoms with Crippen LogP contribution in [0.5, 0.6) is 0 Å². The summed E-state index contributed by atoms with van der Waals surface area (Å²) in [5.41, 5.74) is 32.5. The Morgan fingerprint density at radius 2 is 0.457 bits per heavy atom. The van der Waals surface area contributed by atoms with Crippen LogP contribution in [0.1, 0.15) is 44.5 Å². The van der Waals surface area contributed by atoms with Gasteiger partial charge in [0.25, 0.3) is 0 Å². The minimum Gasteiger partial charge on any atom is -0.256 e. The van der Waals surface area contributed by atoms with Crippen LogP contribution in [0.4, 0.5) is 0 Å². The predicted molar refractivity (Wildman–Crippen MR) is 379 cm³/mol. The zero-order valence-electron chi connectivity index (χ0n) is 50.7. The molecule has 4 aliphatic rings. The van der Waals surface area contributed by atoms with Crippen molar-refractivity contribution < 1.29 is 0 Å². The fourth-order valence-electron chi connectivity index (χ4n) is 16.3. The molecule has 0 N–H and O–H groups in total. The topological polar surface area (TPSA) is 77.3 Å². The average molecular weight is 1190 g/mol. The Hall–Kier alpha value is -12.4. The van der Waals surface area contributed by atoms with E-state index in [-0.39, 0.29) is 0 Å². The molecule has 0 amide bonds. The molecule has 0 bridgehead atoms. The van der Waals surface area contributed by atoms with Crippen LogP contribution in [0, 0.1) is 0 Å². The molecule has 0 saturated carbocycles. The highest BCUT2D eigenvalue weighted by Crippen LogP contribution is 2.65. The lowest BCUT2D eigenvalue weighted by Gasteiger charge is -2.30. The minimum absolute atomic E-state index is 0.488. The number of hydrogen-bond acceptors (Lipinski definition) is 6. The Bertz CT molecular complexity index is 5400. The lowest BCUT2D eigenvalue weighted by atomic mass is 9.70. The molecule has 0 unspecified atom stereocenters. The molecule has 4 aromatic heterocycles. The van der Waals surface area contributed by atoms with Crippen LogP contribution < -0.4 is 0 Å². The highest BCUT2D eigenvalue weighted by Gasteiger charge is 2.53. The molecule has 0 saturated heterocycles. The first kappa shape index (κ1) is 52.4. The average Bonchev–Trinajstić information content (AvgIpc) is 1.52. The zero-order chi connectivity index (χ0) is 61.6. The van der Waals surface area contributed by atoms with Crippen molar-refractivity contribution in [2.24, 2.45) is 0 Å². The second-order valence-corrected chi connectivity index (χ2v) is 25.2. The maximum Gasteiger partial charge on any atom is 0.160 e. The van der Waals surface area contributed by atoms with Gasteiger partial charge in [-0.25, -0.2) is 19.9 Å². The van der Waals surface area contributed by atoms with Crippen molar-refractivity contribution in [1.82, 2.24) is 29.9 Å². The summed E-state index contributed by atoms with van der Waals surface area (Å²) in [7, 11) is 0. The number of fused-ring (bicyclic) bond motifs is 22. The quantitative estimate of drug-likeness (QED) is 0.158. The van der Waals surface area contributed by atoms with Crippen LogP contribution in [-0.4, -0.2) is 29.9 Å². The first-order chi connectivity index (χ1) is 46.5. The summed E-state index contributed by atoms with van der Waals surface area (Å²) in [5, 5.41) is 2.10. The van der Waals surface area contributed by atoms with Gasteiger partial charge in [0, 0.05) is 56.5 Å². The van der Waals surface area contributed by atoms with Crippen LogP contribution in [-0.2, 0) is 10.8 Å². The van der Waals surface area contributed by atoms with E-state index in [9.17, 15) is 0 Å².